The third kappa shape index (κ3) is 1.57. The lowest BCUT2D eigenvalue weighted by Crippen LogP contribution is -2.14. The average molecular weight is 285 g/mol. The molecule has 0 saturated carbocycles. The number of halogens is 1. The van der Waals surface area contributed by atoms with Crippen molar-refractivity contribution >= 4 is 15.9 Å². The van der Waals surface area contributed by atoms with Gasteiger partial charge in [-0.25, -0.2) is 0 Å². The van der Waals surface area contributed by atoms with Crippen LogP contribution in [0.25, 0.3) is 0 Å². The first-order valence-corrected chi connectivity index (χ1v) is 6.23. The third-order valence-electron chi connectivity index (χ3n) is 3.38. The molecule has 0 aliphatic heterocycles. The first kappa shape index (κ1) is 11.9. The van der Waals surface area contributed by atoms with E-state index in [1.54, 1.807) is 7.11 Å². The lowest BCUT2D eigenvalue weighted by Gasteiger charge is -2.22. The van der Waals surface area contributed by atoms with Crippen molar-refractivity contribution in [2.24, 2.45) is 0 Å². The van der Waals surface area contributed by atoms with Gasteiger partial charge in [-0.15, -0.1) is 0 Å². The van der Waals surface area contributed by atoms with E-state index in [0.717, 1.165) is 33.3 Å². The van der Waals surface area contributed by atoms with Crippen LogP contribution in [0.1, 0.15) is 43.1 Å². The van der Waals surface area contributed by atoms with Crippen LogP contribution in [-0.4, -0.2) is 12.2 Å². The number of fused-ring (bicyclic) bond motifs is 1. The van der Waals surface area contributed by atoms with E-state index in [2.05, 4.69) is 29.8 Å². The van der Waals surface area contributed by atoms with E-state index in [4.69, 9.17) is 4.74 Å². The predicted molar refractivity (Wildman–Crippen MR) is 68.0 cm³/mol. The summed E-state index contributed by atoms with van der Waals surface area (Å²) in [6.07, 6.45) is 0.356. The number of benzene rings is 1. The van der Waals surface area contributed by atoms with Gasteiger partial charge in [0.25, 0.3) is 0 Å². The molecule has 1 aliphatic carbocycles. The number of hydrogen-bond donors (Lipinski definition) is 1. The monoisotopic (exact) mass is 284 g/mol. The van der Waals surface area contributed by atoms with E-state index in [0.29, 0.717) is 0 Å². The molecule has 0 saturated heterocycles. The second-order valence-corrected chi connectivity index (χ2v) is 5.90. The summed E-state index contributed by atoms with van der Waals surface area (Å²) < 4.78 is 6.46. The summed E-state index contributed by atoms with van der Waals surface area (Å²) >= 11 is 3.57. The van der Waals surface area contributed by atoms with Crippen molar-refractivity contribution in [3.63, 3.8) is 0 Å². The van der Waals surface area contributed by atoms with Crippen molar-refractivity contribution in [1.82, 2.24) is 0 Å². The number of rotatable bonds is 1. The summed E-state index contributed by atoms with van der Waals surface area (Å²) in [5.74, 6) is 0.886. The van der Waals surface area contributed by atoms with Crippen LogP contribution in [0.5, 0.6) is 5.75 Å². The maximum Gasteiger partial charge on any atom is 0.123 e. The zero-order valence-corrected chi connectivity index (χ0v) is 11.7. The van der Waals surface area contributed by atoms with Crippen LogP contribution < -0.4 is 4.74 Å². The largest absolute Gasteiger partial charge is 0.496 e. The van der Waals surface area contributed by atoms with Gasteiger partial charge in [0.1, 0.15) is 5.75 Å². The molecule has 0 amide bonds. The van der Waals surface area contributed by atoms with E-state index in [9.17, 15) is 5.11 Å². The van der Waals surface area contributed by atoms with Gasteiger partial charge in [0.15, 0.2) is 0 Å². The van der Waals surface area contributed by atoms with Gasteiger partial charge in [-0.05, 0) is 30.4 Å². The standard InChI is InChI=1S/C13H17BrO2/c1-7-5-9(16-4)11-10(12(7)14)8(15)6-13(11,2)3/h5,8,15H,6H2,1-4H3/t8-/m0/s1. The Morgan fingerprint density at radius 1 is 1.50 bits per heavy atom. The minimum absolute atomic E-state index is 0.0314. The van der Waals surface area contributed by atoms with E-state index < -0.39 is 6.10 Å². The second kappa shape index (κ2) is 3.74. The van der Waals surface area contributed by atoms with Gasteiger partial charge < -0.3 is 9.84 Å². The summed E-state index contributed by atoms with van der Waals surface area (Å²) in [4.78, 5) is 0. The summed E-state index contributed by atoms with van der Waals surface area (Å²) in [6, 6.07) is 2.03. The fraction of sp³-hybridized carbons (Fsp3) is 0.538. The molecule has 0 heterocycles. The Kier molecular flexibility index (Phi) is 2.79. The Bertz CT molecular complexity index is 438. The van der Waals surface area contributed by atoms with Gasteiger partial charge in [0, 0.05) is 15.6 Å². The van der Waals surface area contributed by atoms with Crippen LogP contribution in [0, 0.1) is 6.92 Å². The maximum atomic E-state index is 10.2. The van der Waals surface area contributed by atoms with Crippen molar-refractivity contribution < 1.29 is 9.84 Å². The van der Waals surface area contributed by atoms with Crippen LogP contribution in [0.2, 0.25) is 0 Å². The van der Waals surface area contributed by atoms with Gasteiger partial charge in [-0.1, -0.05) is 29.8 Å². The molecule has 1 aliphatic rings. The minimum Gasteiger partial charge on any atom is -0.496 e. The fourth-order valence-electron chi connectivity index (χ4n) is 2.65. The Balaban J connectivity index is 2.77. The summed E-state index contributed by atoms with van der Waals surface area (Å²) in [5, 5.41) is 10.2. The van der Waals surface area contributed by atoms with Crippen LogP contribution in [0.3, 0.4) is 0 Å². The molecule has 0 bridgehead atoms. The van der Waals surface area contributed by atoms with Crippen LogP contribution in [-0.2, 0) is 5.41 Å². The molecule has 0 fully saturated rings. The molecule has 0 unspecified atom stereocenters. The highest BCUT2D eigenvalue weighted by molar-refractivity contribution is 9.10. The lowest BCUT2D eigenvalue weighted by atomic mass is 9.85. The first-order valence-electron chi connectivity index (χ1n) is 5.44. The average Bonchev–Trinajstić information content (AvgIpc) is 2.43. The molecular weight excluding hydrogens is 268 g/mol. The van der Waals surface area contributed by atoms with E-state index in [1.807, 2.05) is 13.0 Å². The molecule has 0 spiro atoms. The van der Waals surface area contributed by atoms with Crippen molar-refractivity contribution in [2.75, 3.05) is 7.11 Å². The number of aliphatic hydroxyl groups excluding tert-OH is 1. The fourth-order valence-corrected chi connectivity index (χ4v) is 3.22. The van der Waals surface area contributed by atoms with Crippen molar-refractivity contribution in [2.45, 2.75) is 38.7 Å². The van der Waals surface area contributed by atoms with Gasteiger partial charge >= 0.3 is 0 Å². The molecule has 16 heavy (non-hydrogen) atoms. The zero-order valence-electron chi connectivity index (χ0n) is 10.1. The topological polar surface area (TPSA) is 29.5 Å². The predicted octanol–water partition coefficient (Wildman–Crippen LogP) is 3.48. The number of methoxy groups -OCH3 is 1. The van der Waals surface area contributed by atoms with Gasteiger partial charge in [0.05, 0.1) is 13.2 Å². The number of hydrogen-bond acceptors (Lipinski definition) is 2. The van der Waals surface area contributed by atoms with Crippen molar-refractivity contribution in [3.8, 4) is 5.75 Å². The summed E-state index contributed by atoms with van der Waals surface area (Å²) in [5.41, 5.74) is 3.21. The Hall–Kier alpha value is -0.540. The third-order valence-corrected chi connectivity index (χ3v) is 4.43. The highest BCUT2D eigenvalue weighted by Gasteiger charge is 2.40. The Labute approximate surface area is 105 Å². The number of aliphatic hydroxyl groups is 1. The molecule has 88 valence electrons. The number of aryl methyl sites for hydroxylation is 1. The zero-order chi connectivity index (χ0) is 12.1. The molecule has 1 N–H and O–H groups in total. The number of ether oxygens (including phenoxy) is 1. The van der Waals surface area contributed by atoms with E-state index in [1.165, 1.54) is 0 Å². The molecule has 0 radical (unpaired) electrons. The molecule has 1 aromatic rings. The highest BCUT2D eigenvalue weighted by atomic mass is 79.9. The van der Waals surface area contributed by atoms with Gasteiger partial charge in [0.2, 0.25) is 0 Å². The van der Waals surface area contributed by atoms with Gasteiger partial charge in [-0.3, -0.25) is 0 Å². The molecular formula is C13H17BrO2. The maximum absolute atomic E-state index is 10.2. The smallest absolute Gasteiger partial charge is 0.123 e. The Morgan fingerprint density at radius 3 is 2.69 bits per heavy atom. The first-order chi connectivity index (χ1) is 7.38. The highest BCUT2D eigenvalue weighted by Crippen LogP contribution is 2.52. The van der Waals surface area contributed by atoms with E-state index >= 15 is 0 Å². The summed E-state index contributed by atoms with van der Waals surface area (Å²) in [7, 11) is 1.68. The van der Waals surface area contributed by atoms with Crippen LogP contribution in [0.15, 0.2) is 10.5 Å². The van der Waals surface area contributed by atoms with Crippen molar-refractivity contribution in [1.29, 1.82) is 0 Å². The Morgan fingerprint density at radius 2 is 2.12 bits per heavy atom. The molecule has 1 atom stereocenters. The quantitative estimate of drug-likeness (QED) is 0.856. The molecule has 1 aromatic carbocycles. The molecule has 0 aromatic heterocycles. The molecule has 2 nitrogen and oxygen atoms in total. The van der Waals surface area contributed by atoms with Crippen molar-refractivity contribution in [3.05, 3.63) is 27.2 Å². The van der Waals surface area contributed by atoms with Gasteiger partial charge in [-0.2, -0.15) is 0 Å². The van der Waals surface area contributed by atoms with E-state index in [-0.39, 0.29) is 5.41 Å². The second-order valence-electron chi connectivity index (χ2n) is 5.10. The van der Waals surface area contributed by atoms with Crippen LogP contribution in [0.4, 0.5) is 0 Å². The lowest BCUT2D eigenvalue weighted by molar-refractivity contribution is 0.161. The molecule has 2 rings (SSSR count). The SMILES string of the molecule is COc1cc(C)c(Br)c2c1C(C)(C)C[C@@H]2O. The molecule has 3 heteroatoms. The van der Waals surface area contributed by atoms with Crippen LogP contribution >= 0.6 is 15.9 Å². The normalized spacial score (nSPS) is 22.0. The summed E-state index contributed by atoms with van der Waals surface area (Å²) in [6.45, 7) is 6.31. The minimum atomic E-state index is -0.395.